The van der Waals surface area contributed by atoms with Gasteiger partial charge in [0.25, 0.3) is 0 Å². The highest BCUT2D eigenvalue weighted by molar-refractivity contribution is 5.66. The van der Waals surface area contributed by atoms with Gasteiger partial charge in [-0.3, -0.25) is 0 Å². The van der Waals surface area contributed by atoms with Gasteiger partial charge in [-0.05, 0) is 18.7 Å². The van der Waals surface area contributed by atoms with Crippen molar-refractivity contribution in [2.24, 2.45) is 5.73 Å². The van der Waals surface area contributed by atoms with Crippen LogP contribution in [0.25, 0.3) is 5.70 Å². The molecule has 1 aromatic carbocycles. The molecule has 0 amide bonds. The van der Waals surface area contributed by atoms with Crippen LogP contribution in [0.5, 0.6) is 0 Å². The van der Waals surface area contributed by atoms with Crippen LogP contribution in [0.2, 0.25) is 0 Å². The van der Waals surface area contributed by atoms with Gasteiger partial charge in [0, 0.05) is 18.8 Å². The monoisotopic (exact) mass is 188 g/mol. The molecule has 74 valence electrons. The number of nitrogens with zero attached hydrogens (tertiary/aromatic N) is 1. The van der Waals surface area contributed by atoms with E-state index in [1.165, 1.54) is 5.56 Å². The fraction of sp³-hybridized carbons (Fsp3) is 0.167. The molecule has 0 radical (unpaired) electrons. The summed E-state index contributed by atoms with van der Waals surface area (Å²) in [7, 11) is 1.93. The molecular weight excluding hydrogens is 172 g/mol. The van der Waals surface area contributed by atoms with Crippen LogP contribution in [0.3, 0.4) is 0 Å². The predicted molar refractivity (Wildman–Crippen MR) is 61.3 cm³/mol. The van der Waals surface area contributed by atoms with Crippen molar-refractivity contribution >= 4 is 5.70 Å². The molecule has 1 rings (SSSR count). The molecule has 0 saturated carbocycles. The van der Waals surface area contributed by atoms with E-state index in [4.69, 9.17) is 5.73 Å². The lowest BCUT2D eigenvalue weighted by molar-refractivity contribution is 0.655. The van der Waals surface area contributed by atoms with Gasteiger partial charge in [0.15, 0.2) is 0 Å². The molecular formula is C12H16N2. The van der Waals surface area contributed by atoms with Crippen molar-refractivity contribution < 1.29 is 0 Å². The van der Waals surface area contributed by atoms with E-state index in [0.717, 1.165) is 11.3 Å². The zero-order valence-electron chi connectivity index (χ0n) is 8.70. The van der Waals surface area contributed by atoms with Gasteiger partial charge in [-0.1, -0.05) is 30.8 Å². The quantitative estimate of drug-likeness (QED) is 0.788. The first-order valence-electron chi connectivity index (χ1n) is 4.54. The molecule has 0 aromatic heterocycles. The second-order valence-corrected chi connectivity index (χ2v) is 3.16. The fourth-order valence-electron chi connectivity index (χ4n) is 1.36. The summed E-state index contributed by atoms with van der Waals surface area (Å²) in [5.41, 5.74) is 8.91. The average molecular weight is 188 g/mol. The third kappa shape index (κ3) is 1.96. The highest BCUT2D eigenvalue weighted by atomic mass is 15.1. The fourth-order valence-corrected chi connectivity index (χ4v) is 1.36. The molecule has 0 saturated heterocycles. The Hall–Kier alpha value is -1.70. The molecule has 2 heteroatoms. The van der Waals surface area contributed by atoms with Crippen LogP contribution in [0, 0.1) is 6.92 Å². The summed E-state index contributed by atoms with van der Waals surface area (Å²) in [4.78, 5) is 1.91. The molecule has 2 N–H and O–H groups in total. The van der Waals surface area contributed by atoms with Crippen LogP contribution < -0.4 is 5.73 Å². The maximum atomic E-state index is 5.60. The van der Waals surface area contributed by atoms with E-state index >= 15 is 0 Å². The van der Waals surface area contributed by atoms with Crippen LogP contribution in [-0.2, 0) is 0 Å². The molecule has 0 fully saturated rings. The van der Waals surface area contributed by atoms with E-state index in [2.05, 4.69) is 19.6 Å². The maximum absolute atomic E-state index is 5.60. The summed E-state index contributed by atoms with van der Waals surface area (Å²) >= 11 is 0. The Morgan fingerprint density at radius 3 is 2.57 bits per heavy atom. The summed E-state index contributed by atoms with van der Waals surface area (Å²) in [6.07, 6.45) is 3.34. The Balaban J connectivity index is 3.14. The van der Waals surface area contributed by atoms with Gasteiger partial charge >= 0.3 is 0 Å². The third-order valence-electron chi connectivity index (χ3n) is 2.23. The lowest BCUT2D eigenvalue weighted by Gasteiger charge is -2.19. The lowest BCUT2D eigenvalue weighted by atomic mass is 10.1. The van der Waals surface area contributed by atoms with E-state index < -0.39 is 0 Å². The maximum Gasteiger partial charge on any atom is 0.0637 e. The minimum absolute atomic E-state index is 0.970. The van der Waals surface area contributed by atoms with Gasteiger partial charge in [0.1, 0.15) is 0 Å². The van der Waals surface area contributed by atoms with Crippen molar-refractivity contribution in [3.8, 4) is 0 Å². The standard InChI is InChI=1S/C12H16N2/c1-4-14(3)12(9-13)11-8-6-5-7-10(11)2/h4-9H,1,13H2,2-3H3/b12-9-. The van der Waals surface area contributed by atoms with Crippen LogP contribution >= 0.6 is 0 Å². The van der Waals surface area contributed by atoms with Crippen molar-refractivity contribution in [3.63, 3.8) is 0 Å². The van der Waals surface area contributed by atoms with Crippen molar-refractivity contribution in [2.75, 3.05) is 7.05 Å². The van der Waals surface area contributed by atoms with Gasteiger partial charge < -0.3 is 10.6 Å². The highest BCUT2D eigenvalue weighted by Crippen LogP contribution is 2.20. The Labute approximate surface area is 85.3 Å². The number of rotatable bonds is 3. The zero-order chi connectivity index (χ0) is 10.6. The molecule has 0 bridgehead atoms. The topological polar surface area (TPSA) is 29.3 Å². The largest absolute Gasteiger partial charge is 0.403 e. The predicted octanol–water partition coefficient (Wildman–Crippen LogP) is 2.33. The lowest BCUT2D eigenvalue weighted by Crippen LogP contribution is -2.11. The Morgan fingerprint density at radius 1 is 1.43 bits per heavy atom. The minimum atomic E-state index is 0.970. The van der Waals surface area contributed by atoms with Gasteiger partial charge in [-0.2, -0.15) is 0 Å². The van der Waals surface area contributed by atoms with Crippen LogP contribution in [0.1, 0.15) is 11.1 Å². The number of benzene rings is 1. The highest BCUT2D eigenvalue weighted by Gasteiger charge is 2.05. The van der Waals surface area contributed by atoms with Crippen molar-refractivity contribution in [1.82, 2.24) is 4.90 Å². The molecule has 1 aromatic rings. The van der Waals surface area contributed by atoms with Crippen molar-refractivity contribution in [1.29, 1.82) is 0 Å². The normalized spacial score (nSPS) is 11.1. The smallest absolute Gasteiger partial charge is 0.0637 e. The summed E-state index contributed by atoms with van der Waals surface area (Å²) in [6.45, 7) is 5.78. The second kappa shape index (κ2) is 4.51. The van der Waals surface area contributed by atoms with E-state index in [1.54, 1.807) is 12.4 Å². The third-order valence-corrected chi connectivity index (χ3v) is 2.23. The number of hydrogen-bond donors (Lipinski definition) is 1. The van der Waals surface area contributed by atoms with Crippen LogP contribution in [-0.4, -0.2) is 11.9 Å². The summed E-state index contributed by atoms with van der Waals surface area (Å²) < 4.78 is 0. The van der Waals surface area contributed by atoms with Crippen LogP contribution in [0.4, 0.5) is 0 Å². The van der Waals surface area contributed by atoms with E-state index in [0.29, 0.717) is 0 Å². The Kier molecular flexibility index (Phi) is 3.35. The summed E-state index contributed by atoms with van der Waals surface area (Å²) in [6, 6.07) is 8.13. The molecule has 2 nitrogen and oxygen atoms in total. The Morgan fingerprint density at radius 2 is 2.07 bits per heavy atom. The SMILES string of the molecule is C=CN(C)/C(=C\N)c1ccccc1C. The molecule has 0 aliphatic heterocycles. The van der Waals surface area contributed by atoms with E-state index in [9.17, 15) is 0 Å². The van der Waals surface area contributed by atoms with Gasteiger partial charge in [0.05, 0.1) is 5.70 Å². The molecule has 0 aliphatic carbocycles. The number of aryl methyl sites for hydroxylation is 1. The second-order valence-electron chi connectivity index (χ2n) is 3.16. The molecule has 14 heavy (non-hydrogen) atoms. The Bertz CT molecular complexity index is 353. The molecule has 0 unspecified atom stereocenters. The van der Waals surface area contributed by atoms with Crippen molar-refractivity contribution in [2.45, 2.75) is 6.92 Å². The summed E-state index contributed by atoms with van der Waals surface area (Å²) in [5, 5.41) is 0. The summed E-state index contributed by atoms with van der Waals surface area (Å²) in [5.74, 6) is 0. The minimum Gasteiger partial charge on any atom is -0.403 e. The number of hydrogen-bond acceptors (Lipinski definition) is 2. The van der Waals surface area contributed by atoms with Gasteiger partial charge in [-0.15, -0.1) is 0 Å². The first-order valence-corrected chi connectivity index (χ1v) is 4.54. The first kappa shape index (κ1) is 10.4. The van der Waals surface area contributed by atoms with Gasteiger partial charge in [-0.25, -0.2) is 0 Å². The molecule has 0 spiro atoms. The molecule has 0 atom stereocenters. The van der Waals surface area contributed by atoms with E-state index in [-0.39, 0.29) is 0 Å². The van der Waals surface area contributed by atoms with Gasteiger partial charge in [0.2, 0.25) is 0 Å². The first-order chi connectivity index (χ1) is 6.70. The average Bonchev–Trinajstić information content (AvgIpc) is 2.21. The molecule has 0 aliphatic rings. The number of nitrogens with two attached hydrogens (primary N) is 1. The molecule has 0 heterocycles. The zero-order valence-corrected chi connectivity index (χ0v) is 8.70. The van der Waals surface area contributed by atoms with E-state index in [1.807, 2.05) is 30.1 Å². The van der Waals surface area contributed by atoms with Crippen molar-refractivity contribution in [3.05, 3.63) is 54.4 Å². The van der Waals surface area contributed by atoms with Crippen LogP contribution in [0.15, 0.2) is 43.2 Å².